The van der Waals surface area contributed by atoms with Crippen LogP contribution in [0.3, 0.4) is 0 Å². The van der Waals surface area contributed by atoms with Crippen molar-refractivity contribution in [3.05, 3.63) is 35.0 Å². The number of halogens is 1. The maximum Gasteiger partial charge on any atom is 0.207 e. The maximum absolute atomic E-state index is 8.94. The Balaban J connectivity index is 2.35. The van der Waals surface area contributed by atoms with Crippen LogP contribution in [0.15, 0.2) is 24.3 Å². The number of nitrogens with zero attached hydrogens (tertiary/aromatic N) is 4. The Kier molecular flexibility index (Phi) is 3.77. The van der Waals surface area contributed by atoms with Crippen molar-refractivity contribution in [3.63, 3.8) is 0 Å². The van der Waals surface area contributed by atoms with Crippen LogP contribution in [-0.2, 0) is 0 Å². The molecule has 1 heterocycles. The lowest BCUT2D eigenvalue weighted by atomic mass is 10.3. The zero-order chi connectivity index (χ0) is 13.0. The maximum atomic E-state index is 8.94. The lowest BCUT2D eigenvalue weighted by Crippen LogP contribution is -2.07. The molecule has 18 heavy (non-hydrogen) atoms. The molecule has 0 bridgehead atoms. The fraction of sp³-hybridized carbons (Fsp3) is 0.182. The van der Waals surface area contributed by atoms with E-state index in [1.165, 1.54) is 4.80 Å². The molecule has 0 saturated heterocycles. The summed E-state index contributed by atoms with van der Waals surface area (Å²) in [5, 5.41) is 29.2. The van der Waals surface area contributed by atoms with Crippen LogP contribution in [0.5, 0.6) is 0 Å². The molecule has 0 spiro atoms. The number of anilines is 1. The van der Waals surface area contributed by atoms with E-state index in [4.69, 9.17) is 22.0 Å². The largest absolute Gasteiger partial charge is 0.395 e. The average Bonchev–Trinajstić information content (AvgIpc) is 2.79. The van der Waals surface area contributed by atoms with Gasteiger partial charge in [-0.25, -0.2) is 0 Å². The highest BCUT2D eigenvalue weighted by Crippen LogP contribution is 2.16. The first-order valence-electron chi connectivity index (χ1n) is 5.22. The first-order valence-corrected chi connectivity index (χ1v) is 5.60. The lowest BCUT2D eigenvalue weighted by molar-refractivity contribution is 0.311. The fourth-order valence-corrected chi connectivity index (χ4v) is 1.58. The molecule has 1 aromatic carbocycles. The van der Waals surface area contributed by atoms with Gasteiger partial charge in [-0.3, -0.25) is 0 Å². The van der Waals surface area contributed by atoms with Crippen molar-refractivity contribution < 1.29 is 5.11 Å². The summed E-state index contributed by atoms with van der Waals surface area (Å²) in [5.74, 6) is 0.339. The van der Waals surface area contributed by atoms with E-state index in [0.29, 0.717) is 23.1 Å². The van der Waals surface area contributed by atoms with Crippen LogP contribution in [0.1, 0.15) is 5.69 Å². The number of aliphatic hydroxyl groups is 1. The van der Waals surface area contributed by atoms with Crippen molar-refractivity contribution in [2.75, 3.05) is 18.5 Å². The molecule has 0 aliphatic heterocycles. The summed E-state index contributed by atoms with van der Waals surface area (Å²) in [5.41, 5.74) is 0.833. The molecular weight excluding hydrogens is 254 g/mol. The predicted octanol–water partition coefficient (Wildman–Crippen LogP) is 1.20. The van der Waals surface area contributed by atoms with Crippen LogP contribution in [-0.4, -0.2) is 33.3 Å². The van der Waals surface area contributed by atoms with Gasteiger partial charge in [-0.1, -0.05) is 17.7 Å². The second-order valence-corrected chi connectivity index (χ2v) is 3.87. The summed E-state index contributed by atoms with van der Waals surface area (Å²) < 4.78 is 0. The Morgan fingerprint density at radius 2 is 2.28 bits per heavy atom. The van der Waals surface area contributed by atoms with Crippen LogP contribution in [0.4, 0.5) is 5.82 Å². The zero-order valence-electron chi connectivity index (χ0n) is 9.34. The third-order valence-corrected chi connectivity index (χ3v) is 2.40. The number of benzene rings is 1. The Morgan fingerprint density at radius 3 is 2.94 bits per heavy atom. The SMILES string of the molecule is N#Cc1nn(-c2cccc(Cl)c2)nc1NCCO. The lowest BCUT2D eigenvalue weighted by Gasteiger charge is -1.99. The zero-order valence-corrected chi connectivity index (χ0v) is 10.1. The summed E-state index contributed by atoms with van der Waals surface area (Å²) in [6.07, 6.45) is 0. The molecule has 2 N–H and O–H groups in total. The first kappa shape index (κ1) is 12.4. The molecule has 0 atom stereocenters. The molecule has 0 aliphatic carbocycles. The number of aromatic nitrogens is 3. The summed E-state index contributed by atoms with van der Waals surface area (Å²) >= 11 is 5.88. The molecule has 7 heteroatoms. The Hall–Kier alpha value is -2.10. The molecule has 2 aromatic rings. The third-order valence-electron chi connectivity index (χ3n) is 2.16. The summed E-state index contributed by atoms with van der Waals surface area (Å²) in [6, 6.07) is 8.92. The molecule has 1 aromatic heterocycles. The van der Waals surface area contributed by atoms with Gasteiger partial charge < -0.3 is 10.4 Å². The summed E-state index contributed by atoms with van der Waals surface area (Å²) in [6.45, 7) is 0.262. The highest BCUT2D eigenvalue weighted by atomic mass is 35.5. The van der Waals surface area contributed by atoms with Crippen molar-refractivity contribution in [1.29, 1.82) is 5.26 Å². The molecule has 0 aliphatic rings. The number of rotatable bonds is 4. The third kappa shape index (κ3) is 2.59. The van der Waals surface area contributed by atoms with Gasteiger partial charge in [0.15, 0.2) is 5.82 Å². The smallest absolute Gasteiger partial charge is 0.207 e. The first-order chi connectivity index (χ1) is 8.74. The van der Waals surface area contributed by atoms with Gasteiger partial charge in [0.25, 0.3) is 0 Å². The minimum atomic E-state index is -0.0467. The van der Waals surface area contributed by atoms with E-state index in [9.17, 15) is 0 Å². The van der Waals surface area contributed by atoms with Crippen molar-refractivity contribution in [2.45, 2.75) is 0 Å². The van der Waals surface area contributed by atoms with Crippen LogP contribution in [0.2, 0.25) is 5.02 Å². The van der Waals surface area contributed by atoms with E-state index in [2.05, 4.69) is 15.5 Å². The molecule has 0 saturated carbocycles. The Labute approximate surface area is 108 Å². The number of nitriles is 1. The van der Waals surface area contributed by atoms with Crippen molar-refractivity contribution in [3.8, 4) is 11.8 Å². The second-order valence-electron chi connectivity index (χ2n) is 3.43. The summed E-state index contributed by atoms with van der Waals surface area (Å²) in [7, 11) is 0. The molecule has 2 rings (SSSR count). The van der Waals surface area contributed by atoms with E-state index >= 15 is 0 Å². The van der Waals surface area contributed by atoms with E-state index in [0.717, 1.165) is 0 Å². The quantitative estimate of drug-likeness (QED) is 0.865. The van der Waals surface area contributed by atoms with Crippen LogP contribution >= 0.6 is 11.6 Å². The molecule has 0 amide bonds. The van der Waals surface area contributed by atoms with Gasteiger partial charge in [0.2, 0.25) is 5.69 Å². The van der Waals surface area contributed by atoms with Gasteiger partial charge in [-0.15, -0.1) is 15.0 Å². The highest BCUT2D eigenvalue weighted by molar-refractivity contribution is 6.30. The Bertz CT molecular complexity index is 589. The van der Waals surface area contributed by atoms with Gasteiger partial charge in [0.05, 0.1) is 12.3 Å². The van der Waals surface area contributed by atoms with Gasteiger partial charge >= 0.3 is 0 Å². The van der Waals surface area contributed by atoms with E-state index in [1.54, 1.807) is 24.3 Å². The standard InChI is InChI=1S/C11H10ClN5O/c12-8-2-1-3-9(6-8)17-15-10(7-13)11(16-17)14-4-5-18/h1-3,6,18H,4-5H2,(H,14,16). The average molecular weight is 264 g/mol. The van der Waals surface area contributed by atoms with Gasteiger partial charge in [0, 0.05) is 11.6 Å². The predicted molar refractivity (Wildman–Crippen MR) is 66.7 cm³/mol. The molecule has 6 nitrogen and oxygen atoms in total. The highest BCUT2D eigenvalue weighted by Gasteiger charge is 2.11. The minimum absolute atomic E-state index is 0.0467. The molecule has 0 unspecified atom stereocenters. The van der Waals surface area contributed by atoms with Crippen LogP contribution in [0.25, 0.3) is 5.69 Å². The summed E-state index contributed by atoms with van der Waals surface area (Å²) in [4.78, 5) is 1.32. The van der Waals surface area contributed by atoms with Gasteiger partial charge in [-0.05, 0) is 18.2 Å². The van der Waals surface area contributed by atoms with Gasteiger partial charge in [-0.2, -0.15) is 5.26 Å². The molecule has 92 valence electrons. The second kappa shape index (κ2) is 5.49. The van der Waals surface area contributed by atoms with Crippen molar-refractivity contribution in [2.24, 2.45) is 0 Å². The minimum Gasteiger partial charge on any atom is -0.395 e. The molecule has 0 radical (unpaired) electrons. The van der Waals surface area contributed by atoms with Gasteiger partial charge in [0.1, 0.15) is 6.07 Å². The topological polar surface area (TPSA) is 86.8 Å². The van der Waals surface area contributed by atoms with E-state index in [1.807, 2.05) is 6.07 Å². The van der Waals surface area contributed by atoms with Crippen LogP contribution in [0, 0.1) is 11.3 Å². The number of nitrogens with one attached hydrogen (secondary N) is 1. The monoisotopic (exact) mass is 263 g/mol. The van der Waals surface area contributed by atoms with Crippen molar-refractivity contribution >= 4 is 17.4 Å². The number of aliphatic hydroxyl groups excluding tert-OH is 1. The number of hydrogen-bond acceptors (Lipinski definition) is 5. The Morgan fingerprint density at radius 1 is 1.44 bits per heavy atom. The van der Waals surface area contributed by atoms with Crippen molar-refractivity contribution in [1.82, 2.24) is 15.0 Å². The molecular formula is C11H10ClN5O. The van der Waals surface area contributed by atoms with E-state index in [-0.39, 0.29) is 12.3 Å². The molecule has 0 fully saturated rings. The normalized spacial score (nSPS) is 10.1. The fourth-order valence-electron chi connectivity index (χ4n) is 1.39. The number of hydrogen-bond donors (Lipinski definition) is 2. The van der Waals surface area contributed by atoms with E-state index < -0.39 is 0 Å². The van der Waals surface area contributed by atoms with Crippen LogP contribution < -0.4 is 5.32 Å².